The Hall–Kier alpha value is -1.99. The van der Waals surface area contributed by atoms with Gasteiger partial charge >= 0.3 is 6.36 Å². The maximum Gasteiger partial charge on any atom is 0.573 e. The van der Waals surface area contributed by atoms with Gasteiger partial charge in [-0.3, -0.25) is 10.1 Å². The van der Waals surface area contributed by atoms with Crippen molar-refractivity contribution in [2.75, 3.05) is 0 Å². The molecule has 0 radical (unpaired) electrons. The molecule has 0 bridgehead atoms. The highest BCUT2D eigenvalue weighted by atomic mass is 19.4. The van der Waals surface area contributed by atoms with Gasteiger partial charge in [0.25, 0.3) is 5.69 Å². The molecule has 0 saturated heterocycles. The normalized spacial score (nSPS) is 11.1. The number of ether oxygens (including phenoxy) is 1. The molecule has 0 aliphatic heterocycles. The van der Waals surface area contributed by atoms with Crippen LogP contribution in [-0.2, 0) is 0 Å². The summed E-state index contributed by atoms with van der Waals surface area (Å²) in [6, 6.07) is 2.03. The van der Waals surface area contributed by atoms with Crippen LogP contribution in [0.4, 0.5) is 18.9 Å². The average molecular weight is 223 g/mol. The molecule has 0 spiro atoms. The number of aromatic hydroxyl groups is 1. The van der Waals surface area contributed by atoms with E-state index in [1.54, 1.807) is 0 Å². The van der Waals surface area contributed by atoms with Crippen LogP contribution in [0.1, 0.15) is 0 Å². The first-order valence-corrected chi connectivity index (χ1v) is 3.53. The van der Waals surface area contributed by atoms with Crippen molar-refractivity contribution in [2.24, 2.45) is 0 Å². The number of nitrogens with zero attached hydrogens (tertiary/aromatic N) is 1. The average Bonchev–Trinajstić information content (AvgIpc) is 2.05. The lowest BCUT2D eigenvalue weighted by atomic mass is 10.3. The van der Waals surface area contributed by atoms with Crippen LogP contribution >= 0.6 is 0 Å². The molecule has 8 heteroatoms. The minimum Gasteiger partial charge on any atom is -0.504 e. The van der Waals surface area contributed by atoms with Gasteiger partial charge in [-0.25, -0.2) is 0 Å². The van der Waals surface area contributed by atoms with Crippen LogP contribution in [0.2, 0.25) is 0 Å². The van der Waals surface area contributed by atoms with Crippen molar-refractivity contribution < 1.29 is 27.9 Å². The highest BCUT2D eigenvalue weighted by molar-refractivity contribution is 5.47. The second-order valence-corrected chi connectivity index (χ2v) is 2.46. The Morgan fingerprint density at radius 1 is 1.40 bits per heavy atom. The molecule has 1 rings (SSSR count). The largest absolute Gasteiger partial charge is 0.573 e. The van der Waals surface area contributed by atoms with Crippen molar-refractivity contribution in [3.63, 3.8) is 0 Å². The summed E-state index contributed by atoms with van der Waals surface area (Å²) in [6.45, 7) is 0. The number of benzene rings is 1. The molecule has 0 aromatic heterocycles. The maximum atomic E-state index is 11.7. The van der Waals surface area contributed by atoms with Crippen molar-refractivity contribution in [1.82, 2.24) is 0 Å². The predicted octanol–water partition coefficient (Wildman–Crippen LogP) is 2.20. The topological polar surface area (TPSA) is 72.6 Å². The Kier molecular flexibility index (Phi) is 2.69. The zero-order valence-electron chi connectivity index (χ0n) is 6.99. The number of hydrogen-bond acceptors (Lipinski definition) is 4. The van der Waals surface area contributed by atoms with Gasteiger partial charge in [0, 0.05) is 6.07 Å². The summed E-state index contributed by atoms with van der Waals surface area (Å²) < 4.78 is 38.5. The second-order valence-electron chi connectivity index (χ2n) is 2.46. The van der Waals surface area contributed by atoms with Crippen molar-refractivity contribution >= 4 is 5.69 Å². The monoisotopic (exact) mass is 223 g/mol. The molecule has 5 nitrogen and oxygen atoms in total. The third-order valence-corrected chi connectivity index (χ3v) is 1.38. The number of non-ortho nitro benzene ring substituents is 1. The lowest BCUT2D eigenvalue weighted by molar-refractivity contribution is -0.385. The number of nitro benzene ring substituents is 1. The van der Waals surface area contributed by atoms with E-state index in [2.05, 4.69) is 4.74 Å². The molecule has 1 N–H and O–H groups in total. The van der Waals surface area contributed by atoms with E-state index in [1.807, 2.05) is 0 Å². The third-order valence-electron chi connectivity index (χ3n) is 1.38. The van der Waals surface area contributed by atoms with E-state index in [0.717, 1.165) is 6.07 Å². The van der Waals surface area contributed by atoms with Gasteiger partial charge in [0.2, 0.25) is 0 Å². The van der Waals surface area contributed by atoms with E-state index in [0.29, 0.717) is 12.1 Å². The van der Waals surface area contributed by atoms with E-state index < -0.39 is 28.5 Å². The number of phenolic OH excluding ortho intramolecular Hbond substituents is 1. The Morgan fingerprint density at radius 3 is 2.40 bits per heavy atom. The van der Waals surface area contributed by atoms with Crippen LogP contribution in [0, 0.1) is 10.1 Å². The van der Waals surface area contributed by atoms with Crippen LogP contribution in [-0.4, -0.2) is 16.4 Å². The molecule has 0 saturated carbocycles. The summed E-state index contributed by atoms with van der Waals surface area (Å²) in [7, 11) is 0. The molecule has 0 fully saturated rings. The number of rotatable bonds is 2. The third kappa shape index (κ3) is 3.01. The minimum absolute atomic E-state index is 0.526. The van der Waals surface area contributed by atoms with E-state index in [-0.39, 0.29) is 0 Å². The van der Waals surface area contributed by atoms with Gasteiger partial charge in [-0.1, -0.05) is 0 Å². The Balaban J connectivity index is 2.99. The molecular formula is C7H4F3NO4. The van der Waals surface area contributed by atoms with Crippen LogP contribution in [0.15, 0.2) is 18.2 Å². The van der Waals surface area contributed by atoms with Crippen molar-refractivity contribution in [1.29, 1.82) is 0 Å². The summed E-state index contributed by atoms with van der Waals surface area (Å²) in [5, 5.41) is 19.2. The molecule has 15 heavy (non-hydrogen) atoms. The first-order chi connectivity index (χ1) is 6.79. The molecular weight excluding hydrogens is 219 g/mol. The summed E-state index contributed by atoms with van der Waals surface area (Å²) in [5.74, 6) is -1.82. The second kappa shape index (κ2) is 3.64. The van der Waals surface area contributed by atoms with Gasteiger partial charge in [-0.15, -0.1) is 13.2 Å². The first kappa shape index (κ1) is 11.1. The van der Waals surface area contributed by atoms with Gasteiger partial charge < -0.3 is 9.84 Å². The fraction of sp³-hybridized carbons (Fsp3) is 0.143. The SMILES string of the molecule is O=[N+]([O-])c1ccc(OC(F)(F)F)c(O)c1. The van der Waals surface area contributed by atoms with Gasteiger partial charge in [0.15, 0.2) is 11.5 Å². The quantitative estimate of drug-likeness (QED) is 0.616. The smallest absolute Gasteiger partial charge is 0.504 e. The predicted molar refractivity (Wildman–Crippen MR) is 41.4 cm³/mol. The molecule has 0 atom stereocenters. The van der Waals surface area contributed by atoms with Crippen LogP contribution in [0.25, 0.3) is 0 Å². The van der Waals surface area contributed by atoms with Gasteiger partial charge in [0.1, 0.15) is 0 Å². The lowest BCUT2D eigenvalue weighted by Crippen LogP contribution is -2.17. The van der Waals surface area contributed by atoms with E-state index >= 15 is 0 Å². The Bertz CT molecular complexity index is 390. The summed E-state index contributed by atoms with van der Waals surface area (Å²) in [4.78, 5) is 9.33. The fourth-order valence-corrected chi connectivity index (χ4v) is 0.830. The molecule has 0 aliphatic carbocycles. The van der Waals surface area contributed by atoms with Crippen molar-refractivity contribution in [3.8, 4) is 11.5 Å². The lowest BCUT2D eigenvalue weighted by Gasteiger charge is -2.09. The Morgan fingerprint density at radius 2 is 2.00 bits per heavy atom. The number of halogens is 3. The fourth-order valence-electron chi connectivity index (χ4n) is 0.830. The van der Waals surface area contributed by atoms with Crippen molar-refractivity contribution in [3.05, 3.63) is 28.3 Å². The number of nitro groups is 1. The first-order valence-electron chi connectivity index (χ1n) is 3.53. The van der Waals surface area contributed by atoms with E-state index in [1.165, 1.54) is 0 Å². The molecule has 0 aliphatic rings. The van der Waals surface area contributed by atoms with E-state index in [9.17, 15) is 23.3 Å². The molecule has 1 aromatic carbocycles. The highest BCUT2D eigenvalue weighted by Gasteiger charge is 2.32. The maximum absolute atomic E-state index is 11.7. The number of alkyl halides is 3. The van der Waals surface area contributed by atoms with Crippen LogP contribution < -0.4 is 4.74 Å². The summed E-state index contributed by atoms with van der Waals surface area (Å²) in [6.07, 6.45) is -4.95. The summed E-state index contributed by atoms with van der Waals surface area (Å²) in [5.41, 5.74) is -0.526. The molecule has 0 heterocycles. The molecule has 0 unspecified atom stereocenters. The zero-order valence-corrected chi connectivity index (χ0v) is 6.99. The van der Waals surface area contributed by atoms with E-state index in [4.69, 9.17) is 5.11 Å². The summed E-state index contributed by atoms with van der Waals surface area (Å²) >= 11 is 0. The van der Waals surface area contributed by atoms with Gasteiger partial charge in [0.05, 0.1) is 11.0 Å². The number of phenols is 1. The molecule has 1 aromatic rings. The highest BCUT2D eigenvalue weighted by Crippen LogP contribution is 2.33. The number of hydrogen-bond donors (Lipinski definition) is 1. The van der Waals surface area contributed by atoms with Gasteiger partial charge in [-0.05, 0) is 6.07 Å². The van der Waals surface area contributed by atoms with Crippen molar-refractivity contribution in [2.45, 2.75) is 6.36 Å². The molecule has 0 amide bonds. The van der Waals surface area contributed by atoms with Crippen LogP contribution in [0.3, 0.4) is 0 Å². The minimum atomic E-state index is -4.95. The zero-order chi connectivity index (χ0) is 11.6. The van der Waals surface area contributed by atoms with Gasteiger partial charge in [-0.2, -0.15) is 0 Å². The molecule has 82 valence electrons. The van der Waals surface area contributed by atoms with Crippen LogP contribution in [0.5, 0.6) is 11.5 Å². The standard InChI is InChI=1S/C7H4F3NO4/c8-7(9,10)15-6-2-1-4(11(13)14)3-5(6)12/h1-3,12H. The Labute approximate surface area is 80.9 Å².